The van der Waals surface area contributed by atoms with Crippen LogP contribution in [-0.4, -0.2) is 11.0 Å². The summed E-state index contributed by atoms with van der Waals surface area (Å²) < 4.78 is 77.2. The standard InChI is InChI=1S/3IO3.2H2O.Yb/c3*2-1(3)4;;;/h;;;2*1H2;/q3*-1;;;+3. The number of rotatable bonds is 0. The summed E-state index contributed by atoms with van der Waals surface area (Å²) in [7, 11) is 0. The van der Waals surface area contributed by atoms with Crippen molar-refractivity contribution >= 4 is 0 Å². The van der Waals surface area contributed by atoms with Crippen molar-refractivity contribution in [1.29, 1.82) is 0 Å². The van der Waals surface area contributed by atoms with Gasteiger partial charge >= 0.3 is 46.9 Å². The van der Waals surface area contributed by atoms with Crippen molar-refractivity contribution in [2.75, 3.05) is 0 Å². The summed E-state index contributed by atoms with van der Waals surface area (Å²) >= 11 is -12.0. The largest absolute Gasteiger partial charge is 3.00 e. The molecule has 15 heteroatoms. The van der Waals surface area contributed by atoms with Gasteiger partial charge in [-0.25, -0.2) is 0 Å². The maximum atomic E-state index is 8.57. The molecule has 11 nitrogen and oxygen atoms in total. The molecule has 0 rings (SSSR count). The zero-order valence-electron chi connectivity index (χ0n) is 6.08. The van der Waals surface area contributed by atoms with Crippen LogP contribution in [0.4, 0.5) is 0 Å². The van der Waals surface area contributed by atoms with Crippen LogP contribution >= 0.6 is 0 Å². The molecule has 1 radical (unpaired) electrons. The third-order valence-corrected chi connectivity index (χ3v) is 0. The van der Waals surface area contributed by atoms with Crippen molar-refractivity contribution in [2.45, 2.75) is 0 Å². The van der Waals surface area contributed by atoms with Gasteiger partial charge in [0.1, 0.15) is 0 Å². The van der Waals surface area contributed by atoms with E-state index in [1.165, 1.54) is 0 Å². The van der Waals surface area contributed by atoms with Gasteiger partial charge in [0.05, 0.1) is 0 Å². The first-order valence-corrected chi connectivity index (χ1v) is 9.32. The number of hydrogen-bond acceptors (Lipinski definition) is 9. The molecule has 0 bridgehead atoms. The van der Waals surface area contributed by atoms with Crippen molar-refractivity contribution in [3.63, 3.8) is 0 Å². The second-order valence-electron chi connectivity index (χ2n) is 0.567. The minimum absolute atomic E-state index is 0. The molecule has 0 aromatic rings. The second kappa shape index (κ2) is 30.4. The monoisotopic (exact) mass is 735 g/mol. The van der Waals surface area contributed by atoms with E-state index in [9.17, 15) is 0 Å². The average molecular weight is 734 g/mol. The molecule has 105 valence electrons. The first kappa shape index (κ1) is 36.2. The number of halogens is 3. The van der Waals surface area contributed by atoms with Crippen LogP contribution < -0.4 is 94.1 Å². The Balaban J connectivity index is -0.0000000184. The fourth-order valence-corrected chi connectivity index (χ4v) is 0. The van der Waals surface area contributed by atoms with Crippen LogP contribution in [-0.2, 0) is 0 Å². The predicted molar refractivity (Wildman–Crippen MR) is 7.23 cm³/mol. The van der Waals surface area contributed by atoms with Crippen LogP contribution in [0.25, 0.3) is 0 Å². The Labute approximate surface area is 149 Å². The van der Waals surface area contributed by atoms with Crippen LogP contribution in [0, 0.1) is 46.9 Å². The van der Waals surface area contributed by atoms with E-state index >= 15 is 0 Å². The molecule has 0 aromatic carbocycles. The van der Waals surface area contributed by atoms with Gasteiger partial charge in [-0.3, -0.25) is 0 Å². The first-order valence-electron chi connectivity index (χ1n) is 1.39. The molecule has 0 aliphatic rings. The zero-order chi connectivity index (χ0) is 10.7. The van der Waals surface area contributed by atoms with Gasteiger partial charge < -0.3 is 41.9 Å². The summed E-state index contributed by atoms with van der Waals surface area (Å²) in [6, 6.07) is 0. The normalized spacial score (nSPS) is 7.20. The van der Waals surface area contributed by atoms with Gasteiger partial charge in [0.2, 0.25) is 0 Å². The van der Waals surface area contributed by atoms with Gasteiger partial charge in [0, 0.05) is 0 Å². The first-order chi connectivity index (χ1) is 5.20. The molecule has 0 spiro atoms. The van der Waals surface area contributed by atoms with E-state index < -0.39 is 63.2 Å². The predicted octanol–water partition coefficient (Wildman–Crippen LogP) is -21.3. The smallest absolute Gasteiger partial charge is 0.427 e. The van der Waals surface area contributed by atoms with Crippen molar-refractivity contribution in [2.24, 2.45) is 0 Å². The molecule has 0 fully saturated rings. The Kier molecular flexibility index (Phi) is 73.3. The van der Waals surface area contributed by atoms with Crippen LogP contribution in [0.1, 0.15) is 0 Å². The minimum Gasteiger partial charge on any atom is -0.427 e. The average Bonchev–Trinajstić information content (AvgIpc) is 1.54. The quantitative estimate of drug-likeness (QED) is 0.214. The van der Waals surface area contributed by atoms with Crippen molar-refractivity contribution in [3.05, 3.63) is 0 Å². The molecule has 15 heavy (non-hydrogen) atoms. The van der Waals surface area contributed by atoms with E-state index in [1.54, 1.807) is 0 Å². The molecule has 0 aliphatic carbocycles. The van der Waals surface area contributed by atoms with Crippen LogP contribution in [0.2, 0.25) is 0 Å². The van der Waals surface area contributed by atoms with E-state index in [2.05, 4.69) is 0 Å². The summed E-state index contributed by atoms with van der Waals surface area (Å²) in [5, 5.41) is 0. The molecule has 0 amide bonds. The van der Waals surface area contributed by atoms with E-state index in [4.69, 9.17) is 30.9 Å². The van der Waals surface area contributed by atoms with Crippen LogP contribution in [0.15, 0.2) is 0 Å². The molecule has 0 atom stereocenters. The Morgan fingerprint density at radius 2 is 0.400 bits per heavy atom. The summed E-state index contributed by atoms with van der Waals surface area (Å²) in [4.78, 5) is 0. The summed E-state index contributed by atoms with van der Waals surface area (Å²) in [6.45, 7) is 0. The molecule has 0 saturated heterocycles. The van der Waals surface area contributed by atoms with Crippen molar-refractivity contribution in [1.82, 2.24) is 0 Å². The molecule has 0 aromatic heterocycles. The molecule has 0 aliphatic heterocycles. The maximum absolute atomic E-state index is 8.57. The van der Waals surface area contributed by atoms with Gasteiger partial charge in [-0.1, -0.05) is 0 Å². The van der Waals surface area contributed by atoms with E-state index in [1.807, 2.05) is 0 Å². The molecular formula is H4I3O11Yb. The van der Waals surface area contributed by atoms with E-state index in [0.29, 0.717) is 0 Å². The maximum Gasteiger partial charge on any atom is 3.00 e. The zero-order valence-corrected chi connectivity index (χ0v) is 14.3. The molecular weight excluding hydrogens is 730 g/mol. The van der Waals surface area contributed by atoms with Crippen LogP contribution in [0.3, 0.4) is 0 Å². The van der Waals surface area contributed by atoms with Crippen molar-refractivity contribution < 1.29 is 152 Å². The SMILES string of the molecule is O.O.[O-][I+2]([O-])[O-].[O-][I+2]([O-])[O-].[O-][I+2]([O-])[O-].[Yb+3]. The molecule has 0 unspecified atom stereocenters. The topological polar surface area (TPSA) is 271 Å². The van der Waals surface area contributed by atoms with E-state index in [0.717, 1.165) is 0 Å². The van der Waals surface area contributed by atoms with Gasteiger partial charge in [0.25, 0.3) is 63.2 Å². The van der Waals surface area contributed by atoms with Gasteiger partial charge in [-0.05, 0) is 0 Å². The molecule has 0 heterocycles. The van der Waals surface area contributed by atoms with Crippen molar-refractivity contribution in [3.8, 4) is 0 Å². The summed E-state index contributed by atoms with van der Waals surface area (Å²) in [5.74, 6) is 0. The number of hydrogen-bond donors (Lipinski definition) is 0. The van der Waals surface area contributed by atoms with E-state index in [-0.39, 0.29) is 57.9 Å². The minimum atomic E-state index is -4.01. The molecule has 0 saturated carbocycles. The van der Waals surface area contributed by atoms with Gasteiger partial charge in [-0.2, -0.15) is 0 Å². The Bertz CT molecular complexity index is 44.3. The second-order valence-corrected chi connectivity index (χ2v) is 3.80. The molecule has 4 N–H and O–H groups in total. The summed E-state index contributed by atoms with van der Waals surface area (Å²) in [6.07, 6.45) is 0. The summed E-state index contributed by atoms with van der Waals surface area (Å²) in [5.41, 5.74) is 0. The fraction of sp³-hybridized carbons (Fsp3) is 0. The van der Waals surface area contributed by atoms with Gasteiger partial charge in [-0.15, -0.1) is 0 Å². The Hall–Kier alpha value is 3.27. The van der Waals surface area contributed by atoms with Gasteiger partial charge in [0.15, 0.2) is 0 Å². The third kappa shape index (κ3) is 377. The fourth-order valence-electron chi connectivity index (χ4n) is 0. The van der Waals surface area contributed by atoms with Crippen LogP contribution in [0.5, 0.6) is 0 Å². The Morgan fingerprint density at radius 3 is 0.400 bits per heavy atom. The Morgan fingerprint density at radius 1 is 0.400 bits per heavy atom. The third-order valence-electron chi connectivity index (χ3n) is 0.